The first-order valence-electron chi connectivity index (χ1n) is 7.25. The van der Waals surface area contributed by atoms with Gasteiger partial charge in [0.05, 0.1) is 12.0 Å². The lowest BCUT2D eigenvalue weighted by atomic mass is 10.0. The van der Waals surface area contributed by atoms with E-state index in [2.05, 4.69) is 10.3 Å². The van der Waals surface area contributed by atoms with Crippen LogP contribution in [0.3, 0.4) is 0 Å². The van der Waals surface area contributed by atoms with E-state index in [-0.39, 0.29) is 17.8 Å². The Morgan fingerprint density at radius 2 is 2.12 bits per heavy atom. The highest BCUT2D eigenvalue weighted by molar-refractivity contribution is 5.95. The SMILES string of the molecule is COc1ccc([N+](=O)[O-])cc1C[C@@H](NC(=O)c1ccccn1)C(N)=O. The maximum absolute atomic E-state index is 12.2. The molecule has 25 heavy (non-hydrogen) atoms. The third-order valence-corrected chi connectivity index (χ3v) is 3.45. The van der Waals surface area contributed by atoms with Crippen LogP contribution in [0.5, 0.6) is 5.75 Å². The smallest absolute Gasteiger partial charge is 0.270 e. The van der Waals surface area contributed by atoms with Gasteiger partial charge in [0, 0.05) is 30.3 Å². The predicted octanol–water partition coefficient (Wildman–Crippen LogP) is 0.825. The van der Waals surface area contributed by atoms with Crippen molar-refractivity contribution in [3.63, 3.8) is 0 Å². The Morgan fingerprint density at radius 1 is 1.36 bits per heavy atom. The van der Waals surface area contributed by atoms with E-state index in [0.717, 1.165) is 0 Å². The molecule has 9 nitrogen and oxygen atoms in total. The number of nitrogens with one attached hydrogen (secondary N) is 1. The summed E-state index contributed by atoms with van der Waals surface area (Å²) in [6.07, 6.45) is 1.39. The maximum atomic E-state index is 12.2. The molecule has 1 heterocycles. The van der Waals surface area contributed by atoms with Gasteiger partial charge in [-0.05, 0) is 18.2 Å². The molecule has 0 aliphatic heterocycles. The molecule has 1 aromatic carbocycles. The van der Waals surface area contributed by atoms with Crippen molar-refractivity contribution < 1.29 is 19.2 Å². The molecule has 0 saturated heterocycles. The minimum absolute atomic E-state index is 0.0568. The van der Waals surface area contributed by atoms with Gasteiger partial charge in [-0.3, -0.25) is 24.7 Å². The summed E-state index contributed by atoms with van der Waals surface area (Å²) in [7, 11) is 1.40. The number of ether oxygens (including phenoxy) is 1. The first kappa shape index (κ1) is 17.9. The number of aromatic nitrogens is 1. The summed E-state index contributed by atoms with van der Waals surface area (Å²) in [6, 6.07) is 7.68. The van der Waals surface area contributed by atoms with Gasteiger partial charge < -0.3 is 15.8 Å². The Morgan fingerprint density at radius 3 is 2.68 bits per heavy atom. The van der Waals surface area contributed by atoms with Gasteiger partial charge in [-0.1, -0.05) is 6.07 Å². The van der Waals surface area contributed by atoms with Gasteiger partial charge in [-0.2, -0.15) is 0 Å². The fourth-order valence-corrected chi connectivity index (χ4v) is 2.21. The van der Waals surface area contributed by atoms with E-state index in [4.69, 9.17) is 10.5 Å². The first-order chi connectivity index (χ1) is 11.9. The fraction of sp³-hybridized carbons (Fsp3) is 0.188. The van der Waals surface area contributed by atoms with Crippen molar-refractivity contribution in [2.45, 2.75) is 12.5 Å². The number of pyridine rings is 1. The van der Waals surface area contributed by atoms with Crippen LogP contribution < -0.4 is 15.8 Å². The van der Waals surface area contributed by atoms with E-state index >= 15 is 0 Å². The number of carbonyl (C=O) groups excluding carboxylic acids is 2. The molecule has 0 spiro atoms. The summed E-state index contributed by atoms with van der Waals surface area (Å²) >= 11 is 0. The van der Waals surface area contributed by atoms with E-state index in [9.17, 15) is 19.7 Å². The Labute approximate surface area is 143 Å². The summed E-state index contributed by atoms with van der Waals surface area (Å²) in [5, 5.41) is 13.4. The molecule has 0 saturated carbocycles. The van der Waals surface area contributed by atoms with Crippen molar-refractivity contribution in [1.29, 1.82) is 0 Å². The zero-order valence-corrected chi connectivity index (χ0v) is 13.3. The number of hydrogen-bond donors (Lipinski definition) is 2. The summed E-state index contributed by atoms with van der Waals surface area (Å²) in [5.41, 5.74) is 5.70. The topological polar surface area (TPSA) is 137 Å². The number of benzene rings is 1. The quantitative estimate of drug-likeness (QED) is 0.563. The Hall–Kier alpha value is -3.49. The number of rotatable bonds is 7. The van der Waals surface area contributed by atoms with Crippen molar-refractivity contribution >= 4 is 17.5 Å². The van der Waals surface area contributed by atoms with Crippen LogP contribution in [0.4, 0.5) is 5.69 Å². The van der Waals surface area contributed by atoms with Crippen LogP contribution in [0.15, 0.2) is 42.6 Å². The highest BCUT2D eigenvalue weighted by Crippen LogP contribution is 2.25. The third-order valence-electron chi connectivity index (χ3n) is 3.45. The number of nitrogens with zero attached hydrogens (tertiary/aromatic N) is 2. The molecule has 9 heteroatoms. The van der Waals surface area contributed by atoms with Gasteiger partial charge in [0.2, 0.25) is 5.91 Å². The van der Waals surface area contributed by atoms with Crippen LogP contribution >= 0.6 is 0 Å². The molecule has 2 rings (SSSR count). The van der Waals surface area contributed by atoms with Gasteiger partial charge in [-0.25, -0.2) is 0 Å². The third kappa shape index (κ3) is 4.50. The largest absolute Gasteiger partial charge is 0.496 e. The monoisotopic (exact) mass is 344 g/mol. The minimum atomic E-state index is -1.08. The van der Waals surface area contributed by atoms with E-state index in [1.54, 1.807) is 12.1 Å². The number of amides is 2. The van der Waals surface area contributed by atoms with E-state index in [0.29, 0.717) is 11.3 Å². The number of nitrogens with two attached hydrogens (primary N) is 1. The van der Waals surface area contributed by atoms with E-state index in [1.165, 1.54) is 37.6 Å². The lowest BCUT2D eigenvalue weighted by molar-refractivity contribution is -0.384. The number of nitro groups is 1. The summed E-state index contributed by atoms with van der Waals surface area (Å²) in [5.74, 6) is -1.00. The van der Waals surface area contributed by atoms with Gasteiger partial charge in [0.1, 0.15) is 17.5 Å². The van der Waals surface area contributed by atoms with Crippen LogP contribution in [0.1, 0.15) is 16.1 Å². The van der Waals surface area contributed by atoms with Crippen molar-refractivity contribution in [3.05, 3.63) is 64.0 Å². The molecule has 1 aromatic heterocycles. The van der Waals surface area contributed by atoms with Gasteiger partial charge in [0.15, 0.2) is 0 Å². The van der Waals surface area contributed by atoms with Crippen molar-refractivity contribution in [2.24, 2.45) is 5.73 Å². The van der Waals surface area contributed by atoms with Crippen LogP contribution in [-0.4, -0.2) is 34.9 Å². The standard InChI is InChI=1S/C16H16N4O5/c1-25-14-6-5-11(20(23)24)8-10(14)9-13(15(17)21)19-16(22)12-4-2-3-7-18-12/h2-8,13H,9H2,1H3,(H2,17,21)(H,19,22)/t13-/m1/s1. The van der Waals surface area contributed by atoms with Crippen LogP contribution in [0.25, 0.3) is 0 Å². The number of carbonyl (C=O) groups is 2. The Balaban J connectivity index is 2.24. The van der Waals surface area contributed by atoms with Gasteiger partial charge in [0.25, 0.3) is 11.6 Å². The molecule has 2 amide bonds. The van der Waals surface area contributed by atoms with E-state index in [1.807, 2.05) is 0 Å². The van der Waals surface area contributed by atoms with E-state index < -0.39 is 22.8 Å². The summed E-state index contributed by atoms with van der Waals surface area (Å²) in [4.78, 5) is 38.1. The molecule has 0 fully saturated rings. The van der Waals surface area contributed by atoms with Crippen LogP contribution in [-0.2, 0) is 11.2 Å². The average molecular weight is 344 g/mol. The lowest BCUT2D eigenvalue weighted by Gasteiger charge is -2.17. The fourth-order valence-electron chi connectivity index (χ4n) is 2.21. The molecule has 0 aliphatic carbocycles. The summed E-state index contributed by atoms with van der Waals surface area (Å²) in [6.45, 7) is 0. The van der Waals surface area contributed by atoms with Gasteiger partial charge in [-0.15, -0.1) is 0 Å². The normalized spacial score (nSPS) is 11.4. The molecule has 0 aliphatic rings. The second-order valence-electron chi connectivity index (χ2n) is 5.10. The number of non-ortho nitro benzene ring substituents is 1. The molecule has 3 N–H and O–H groups in total. The molecule has 130 valence electrons. The van der Waals surface area contributed by atoms with Crippen molar-refractivity contribution in [3.8, 4) is 5.75 Å². The van der Waals surface area contributed by atoms with Crippen molar-refractivity contribution in [2.75, 3.05) is 7.11 Å². The highest BCUT2D eigenvalue weighted by atomic mass is 16.6. The van der Waals surface area contributed by atoms with Crippen LogP contribution in [0, 0.1) is 10.1 Å². The molecule has 1 atom stereocenters. The van der Waals surface area contributed by atoms with Gasteiger partial charge >= 0.3 is 0 Å². The summed E-state index contributed by atoms with van der Waals surface area (Å²) < 4.78 is 5.15. The first-order valence-corrected chi connectivity index (χ1v) is 7.25. The predicted molar refractivity (Wildman–Crippen MR) is 88.0 cm³/mol. The lowest BCUT2D eigenvalue weighted by Crippen LogP contribution is -2.46. The molecule has 0 radical (unpaired) electrons. The number of primary amides is 1. The number of methoxy groups -OCH3 is 1. The molecular weight excluding hydrogens is 328 g/mol. The molecule has 0 unspecified atom stereocenters. The second-order valence-corrected chi connectivity index (χ2v) is 5.10. The maximum Gasteiger partial charge on any atom is 0.270 e. The number of nitro benzene ring substituents is 1. The van der Waals surface area contributed by atoms with Crippen molar-refractivity contribution in [1.82, 2.24) is 10.3 Å². The minimum Gasteiger partial charge on any atom is -0.496 e. The zero-order valence-electron chi connectivity index (χ0n) is 13.3. The number of hydrogen-bond acceptors (Lipinski definition) is 6. The zero-order chi connectivity index (χ0) is 18.4. The Kier molecular flexibility index (Phi) is 5.62. The second kappa shape index (κ2) is 7.86. The Bertz CT molecular complexity index is 794. The molecular formula is C16H16N4O5. The molecule has 2 aromatic rings. The average Bonchev–Trinajstić information content (AvgIpc) is 2.61. The highest BCUT2D eigenvalue weighted by Gasteiger charge is 2.23. The molecule has 0 bridgehead atoms. The van der Waals surface area contributed by atoms with Crippen LogP contribution in [0.2, 0.25) is 0 Å².